The Bertz CT molecular complexity index is 1750. The molecule has 0 radical (unpaired) electrons. The van der Waals surface area contributed by atoms with Gasteiger partial charge >= 0.3 is 0 Å². The first-order chi connectivity index (χ1) is 22.1. The number of amides is 2. The normalized spacial score (nSPS) is 14.1. The van der Waals surface area contributed by atoms with Crippen molar-refractivity contribution >= 4 is 55.1 Å². The fraction of sp³-hybridized carbons (Fsp3) is 0.278. The number of benzene rings is 4. The van der Waals surface area contributed by atoms with E-state index >= 15 is 0 Å². The maximum absolute atomic E-state index is 14.6. The van der Waals surface area contributed by atoms with Gasteiger partial charge in [0.2, 0.25) is 11.8 Å². The lowest BCUT2D eigenvalue weighted by Crippen LogP contribution is -2.54. The summed E-state index contributed by atoms with van der Waals surface area (Å²) in [6, 6.07) is 29.2. The predicted octanol–water partition coefficient (Wildman–Crippen LogP) is 7.31. The van der Waals surface area contributed by atoms with Crippen molar-refractivity contribution in [3.8, 4) is 0 Å². The smallest absolute Gasteiger partial charge is 0.264 e. The first-order valence-electron chi connectivity index (χ1n) is 15.3. The standard InChI is InChI=1S/C36H37BrClN3O4S/c1-26-14-20-33(21-15-26)46(44,45)41(32-13-7-10-29(37)23-32)25-35(42)40(24-28-16-18-30(38)19-17-28)34(22-27-8-3-2-4-9-27)36(43)39-31-11-5-6-12-31/h2-4,7-10,13-21,23,31,34H,5-6,11-12,22,24-25H2,1H3,(H,39,43). The van der Waals surface area contributed by atoms with Crippen LogP contribution in [0.3, 0.4) is 0 Å². The molecule has 1 fully saturated rings. The molecule has 5 rings (SSSR count). The maximum atomic E-state index is 14.6. The predicted molar refractivity (Wildman–Crippen MR) is 186 cm³/mol. The quantitative estimate of drug-likeness (QED) is 0.166. The molecule has 0 aliphatic heterocycles. The molecule has 240 valence electrons. The molecular weight excluding hydrogens is 686 g/mol. The summed E-state index contributed by atoms with van der Waals surface area (Å²) < 4.78 is 30.1. The Hall–Kier alpha value is -3.66. The number of anilines is 1. The van der Waals surface area contributed by atoms with Crippen LogP contribution in [0.15, 0.2) is 112 Å². The topological polar surface area (TPSA) is 86.8 Å². The largest absolute Gasteiger partial charge is 0.352 e. The van der Waals surface area contributed by atoms with Crippen LogP contribution in [0.25, 0.3) is 0 Å². The summed E-state index contributed by atoms with van der Waals surface area (Å²) >= 11 is 9.62. The van der Waals surface area contributed by atoms with Crippen LogP contribution in [0.2, 0.25) is 5.02 Å². The summed E-state index contributed by atoms with van der Waals surface area (Å²) in [7, 11) is -4.17. The molecule has 0 aromatic heterocycles. The van der Waals surface area contributed by atoms with Gasteiger partial charge in [-0.15, -0.1) is 0 Å². The molecule has 1 atom stereocenters. The van der Waals surface area contributed by atoms with E-state index in [0.717, 1.165) is 46.7 Å². The highest BCUT2D eigenvalue weighted by Gasteiger charge is 2.35. The minimum Gasteiger partial charge on any atom is -0.352 e. The molecular formula is C36H37BrClN3O4S. The molecule has 1 aliphatic carbocycles. The number of hydrogen-bond acceptors (Lipinski definition) is 4. The van der Waals surface area contributed by atoms with Gasteiger partial charge < -0.3 is 10.2 Å². The van der Waals surface area contributed by atoms with Crippen LogP contribution in [0.5, 0.6) is 0 Å². The third-order valence-corrected chi connectivity index (χ3v) is 10.8. The Labute approximate surface area is 284 Å². The van der Waals surface area contributed by atoms with Gasteiger partial charge in [-0.25, -0.2) is 8.42 Å². The van der Waals surface area contributed by atoms with E-state index in [1.54, 1.807) is 60.7 Å². The lowest BCUT2D eigenvalue weighted by Gasteiger charge is -2.34. The highest BCUT2D eigenvalue weighted by molar-refractivity contribution is 9.10. The van der Waals surface area contributed by atoms with E-state index in [2.05, 4.69) is 21.2 Å². The van der Waals surface area contributed by atoms with Crippen LogP contribution in [0.4, 0.5) is 5.69 Å². The average molecular weight is 723 g/mol. The first-order valence-corrected chi connectivity index (χ1v) is 17.9. The first kappa shape index (κ1) is 33.7. The molecule has 1 saturated carbocycles. The van der Waals surface area contributed by atoms with Gasteiger partial charge in [0.1, 0.15) is 12.6 Å². The zero-order chi connectivity index (χ0) is 32.7. The fourth-order valence-electron chi connectivity index (χ4n) is 5.71. The Morgan fingerprint density at radius 3 is 2.22 bits per heavy atom. The monoisotopic (exact) mass is 721 g/mol. The summed E-state index contributed by atoms with van der Waals surface area (Å²) in [4.78, 5) is 30.2. The number of aryl methyl sites for hydroxylation is 1. The summed E-state index contributed by atoms with van der Waals surface area (Å²) in [5.74, 6) is -0.762. The highest BCUT2D eigenvalue weighted by atomic mass is 79.9. The van der Waals surface area contributed by atoms with Crippen molar-refractivity contribution in [3.63, 3.8) is 0 Å². The van der Waals surface area contributed by atoms with Crippen LogP contribution in [-0.2, 0) is 32.6 Å². The van der Waals surface area contributed by atoms with Crippen molar-refractivity contribution in [2.24, 2.45) is 0 Å². The number of nitrogens with zero attached hydrogens (tertiary/aromatic N) is 2. The van der Waals surface area contributed by atoms with Crippen molar-refractivity contribution < 1.29 is 18.0 Å². The summed E-state index contributed by atoms with van der Waals surface area (Å²) in [5, 5.41) is 3.74. The Kier molecular flexibility index (Phi) is 11.2. The van der Waals surface area contributed by atoms with Crippen molar-refractivity contribution in [3.05, 3.63) is 129 Å². The zero-order valence-electron chi connectivity index (χ0n) is 25.6. The molecule has 10 heteroatoms. The minimum atomic E-state index is -4.17. The summed E-state index contributed by atoms with van der Waals surface area (Å²) in [6.45, 7) is 1.45. The van der Waals surface area contributed by atoms with Gasteiger partial charge in [-0.3, -0.25) is 13.9 Å². The van der Waals surface area contributed by atoms with E-state index < -0.39 is 28.5 Å². The van der Waals surface area contributed by atoms with Crippen LogP contribution >= 0.6 is 27.5 Å². The number of nitrogens with one attached hydrogen (secondary N) is 1. The molecule has 1 unspecified atom stereocenters. The molecule has 4 aromatic rings. The van der Waals surface area contributed by atoms with Crippen LogP contribution < -0.4 is 9.62 Å². The fourth-order valence-corrected chi connectivity index (χ4v) is 7.62. The van der Waals surface area contributed by atoms with E-state index in [0.29, 0.717) is 15.2 Å². The molecule has 0 spiro atoms. The van der Waals surface area contributed by atoms with Crippen LogP contribution in [-0.4, -0.2) is 43.8 Å². The second-order valence-corrected chi connectivity index (χ2v) is 14.9. The van der Waals surface area contributed by atoms with Gasteiger partial charge in [0.05, 0.1) is 10.6 Å². The van der Waals surface area contributed by atoms with Gasteiger partial charge in [-0.2, -0.15) is 0 Å². The lowest BCUT2D eigenvalue weighted by molar-refractivity contribution is -0.140. The molecule has 46 heavy (non-hydrogen) atoms. The summed E-state index contributed by atoms with van der Waals surface area (Å²) in [6.07, 6.45) is 4.13. The van der Waals surface area contributed by atoms with Gasteiger partial charge in [-0.05, 0) is 73.4 Å². The van der Waals surface area contributed by atoms with E-state index in [1.807, 2.05) is 49.4 Å². The lowest BCUT2D eigenvalue weighted by atomic mass is 10.0. The molecule has 1 aliphatic rings. The third-order valence-electron chi connectivity index (χ3n) is 8.22. The molecule has 4 aromatic carbocycles. The van der Waals surface area contributed by atoms with Gasteiger partial charge in [0.15, 0.2) is 0 Å². The number of rotatable bonds is 12. The van der Waals surface area contributed by atoms with Crippen molar-refractivity contribution in [1.29, 1.82) is 0 Å². The molecule has 1 N–H and O–H groups in total. The van der Waals surface area contributed by atoms with Crippen molar-refractivity contribution in [1.82, 2.24) is 10.2 Å². The number of halogens is 2. The second-order valence-electron chi connectivity index (χ2n) is 11.6. The Balaban J connectivity index is 1.56. The number of carbonyl (C=O) groups excluding carboxylic acids is 2. The number of sulfonamides is 1. The average Bonchev–Trinajstić information content (AvgIpc) is 3.56. The number of carbonyl (C=O) groups is 2. The Morgan fingerprint density at radius 1 is 0.891 bits per heavy atom. The van der Waals surface area contributed by atoms with E-state index in [1.165, 1.54) is 4.90 Å². The zero-order valence-corrected chi connectivity index (χ0v) is 28.8. The van der Waals surface area contributed by atoms with Crippen LogP contribution in [0, 0.1) is 6.92 Å². The van der Waals surface area contributed by atoms with E-state index in [4.69, 9.17) is 11.6 Å². The minimum absolute atomic E-state index is 0.0401. The van der Waals surface area contributed by atoms with Gasteiger partial charge in [0.25, 0.3) is 10.0 Å². The molecule has 7 nitrogen and oxygen atoms in total. The van der Waals surface area contributed by atoms with Crippen LogP contribution in [0.1, 0.15) is 42.4 Å². The second kappa shape index (κ2) is 15.3. The molecule has 0 saturated heterocycles. The van der Waals surface area contributed by atoms with E-state index in [9.17, 15) is 18.0 Å². The molecule has 0 bridgehead atoms. The Morgan fingerprint density at radius 2 is 1.57 bits per heavy atom. The molecule has 0 heterocycles. The number of hydrogen-bond donors (Lipinski definition) is 1. The van der Waals surface area contributed by atoms with Crippen molar-refractivity contribution in [2.45, 2.75) is 62.6 Å². The summed E-state index contributed by atoms with van der Waals surface area (Å²) in [5.41, 5.74) is 2.89. The molecule has 2 amide bonds. The van der Waals surface area contributed by atoms with Gasteiger partial charge in [0, 0.05) is 28.5 Å². The van der Waals surface area contributed by atoms with Crippen molar-refractivity contribution in [2.75, 3.05) is 10.8 Å². The third kappa shape index (κ3) is 8.57. The SMILES string of the molecule is Cc1ccc(S(=O)(=O)N(CC(=O)N(Cc2ccc(Cl)cc2)C(Cc2ccccc2)C(=O)NC2CCCC2)c2cccc(Br)c2)cc1. The van der Waals surface area contributed by atoms with E-state index in [-0.39, 0.29) is 29.8 Å². The maximum Gasteiger partial charge on any atom is 0.264 e. The van der Waals surface area contributed by atoms with Gasteiger partial charge in [-0.1, -0.05) is 107 Å². The highest BCUT2D eigenvalue weighted by Crippen LogP contribution is 2.28.